The van der Waals surface area contributed by atoms with Crippen molar-refractivity contribution >= 4 is 46.4 Å². The molecule has 2 N–H and O–H groups in total. The smallest absolute Gasteiger partial charge is 0.203 e. The third-order valence-corrected chi connectivity index (χ3v) is 11.5. The van der Waals surface area contributed by atoms with Crippen molar-refractivity contribution in [2.75, 3.05) is 19.8 Å². The largest absolute Gasteiger partial charge is 0.490 e. The molecular formula is C53H72N4O3. The predicted molar refractivity (Wildman–Crippen MR) is 255 cm³/mol. The lowest BCUT2D eigenvalue weighted by Crippen LogP contribution is -2.06. The molecule has 1 aromatic carbocycles. The molecule has 0 radical (unpaired) electrons. The van der Waals surface area contributed by atoms with Crippen molar-refractivity contribution in [1.82, 2.24) is 19.9 Å². The SMILES string of the molecule is CCCCCCCCCOc1cc(-c2cc3cc4ccc(cc5nc(cc6nc(cc2[nH]3)C=C6)C=C5)[nH]4)cc(OCCCCCCCCC)c1OCCCCCCCCC. The van der Waals surface area contributed by atoms with Crippen LogP contribution in [0.5, 0.6) is 17.2 Å². The summed E-state index contributed by atoms with van der Waals surface area (Å²) >= 11 is 0. The highest BCUT2D eigenvalue weighted by Gasteiger charge is 2.19. The average Bonchev–Trinajstić information content (AvgIpc) is 4.08. The second kappa shape index (κ2) is 25.1. The fraction of sp³-hybridized carbons (Fsp3) is 0.509. The van der Waals surface area contributed by atoms with E-state index in [2.05, 4.69) is 91.4 Å². The molecule has 0 saturated carbocycles. The van der Waals surface area contributed by atoms with E-state index in [4.69, 9.17) is 24.2 Å². The van der Waals surface area contributed by atoms with Crippen molar-refractivity contribution in [3.05, 3.63) is 77.4 Å². The number of fused-ring (bicyclic) bond motifs is 8. The van der Waals surface area contributed by atoms with Crippen LogP contribution in [0, 0.1) is 0 Å². The van der Waals surface area contributed by atoms with Gasteiger partial charge in [-0.15, -0.1) is 0 Å². The van der Waals surface area contributed by atoms with Gasteiger partial charge in [0.25, 0.3) is 0 Å². The third kappa shape index (κ3) is 14.4. The lowest BCUT2D eigenvalue weighted by Gasteiger charge is -2.19. The van der Waals surface area contributed by atoms with Crippen molar-refractivity contribution in [3.8, 4) is 28.4 Å². The van der Waals surface area contributed by atoms with Gasteiger partial charge in [0, 0.05) is 27.6 Å². The number of nitrogens with one attached hydrogen (secondary N) is 2. The van der Waals surface area contributed by atoms with E-state index in [1.54, 1.807) is 0 Å². The van der Waals surface area contributed by atoms with Gasteiger partial charge in [-0.1, -0.05) is 136 Å². The number of nitrogens with zero attached hydrogens (tertiary/aromatic N) is 2. The Morgan fingerprint density at radius 1 is 0.400 bits per heavy atom. The zero-order valence-electron chi connectivity index (χ0n) is 37.1. The molecule has 2 aliphatic rings. The van der Waals surface area contributed by atoms with E-state index in [1.807, 2.05) is 18.2 Å². The summed E-state index contributed by atoms with van der Waals surface area (Å²) in [4.78, 5) is 17.0. The summed E-state index contributed by atoms with van der Waals surface area (Å²) in [5.74, 6) is 2.27. The normalized spacial score (nSPS) is 12.1. The van der Waals surface area contributed by atoms with Gasteiger partial charge in [0.15, 0.2) is 11.5 Å². The number of rotatable bonds is 28. The van der Waals surface area contributed by atoms with E-state index in [0.29, 0.717) is 19.8 Å². The van der Waals surface area contributed by atoms with Crippen molar-refractivity contribution in [2.24, 2.45) is 0 Å². The van der Waals surface area contributed by atoms with E-state index in [0.717, 1.165) is 92.5 Å². The molecule has 0 saturated heterocycles. The van der Waals surface area contributed by atoms with Gasteiger partial charge in [-0.25, -0.2) is 9.97 Å². The maximum Gasteiger partial charge on any atom is 0.203 e. The molecule has 5 heterocycles. The van der Waals surface area contributed by atoms with Gasteiger partial charge in [-0.05, 0) is 104 Å². The highest BCUT2D eigenvalue weighted by molar-refractivity contribution is 5.89. The van der Waals surface area contributed by atoms with E-state index >= 15 is 0 Å². The number of benzene rings is 1. The standard InChI is InChI=1S/C53H72N4O3/c1-4-7-10-13-16-19-22-31-58-51-34-41(35-52(59-32-23-20-17-14-11-8-5-2)53(51)60-33-24-21-18-15-12-9-6-3)49-39-48-38-46-28-27-44(55-46)36-42-25-26-43(54-42)37-45-29-30-47(56-45)40-50(49)57-48/h25-30,34-40,55,57H,4-24,31-33H2,1-3H3. The summed E-state index contributed by atoms with van der Waals surface area (Å²) in [6.07, 6.45) is 34.1. The van der Waals surface area contributed by atoms with Crippen molar-refractivity contribution < 1.29 is 14.2 Å². The Balaban J connectivity index is 1.35. The van der Waals surface area contributed by atoms with Gasteiger partial charge in [0.1, 0.15) is 0 Å². The van der Waals surface area contributed by atoms with Gasteiger partial charge in [-0.2, -0.15) is 0 Å². The Morgan fingerprint density at radius 3 is 1.35 bits per heavy atom. The van der Waals surface area contributed by atoms with E-state index in [-0.39, 0.29) is 0 Å². The van der Waals surface area contributed by atoms with Crippen LogP contribution in [0.2, 0.25) is 0 Å². The van der Waals surface area contributed by atoms with Crippen LogP contribution in [0.4, 0.5) is 0 Å². The Hall–Kier alpha value is -4.78. The molecule has 0 fully saturated rings. The van der Waals surface area contributed by atoms with E-state index < -0.39 is 0 Å². The molecule has 0 spiro atoms. The summed E-state index contributed by atoms with van der Waals surface area (Å²) in [6, 6.07) is 19.2. The molecule has 3 aromatic heterocycles. The van der Waals surface area contributed by atoms with Crippen LogP contribution in [0.1, 0.15) is 178 Å². The Kier molecular flexibility index (Phi) is 18.7. The minimum Gasteiger partial charge on any atom is -0.490 e. The summed E-state index contributed by atoms with van der Waals surface area (Å²) in [5, 5.41) is 0. The molecule has 7 heteroatoms. The third-order valence-electron chi connectivity index (χ3n) is 11.5. The summed E-state index contributed by atoms with van der Waals surface area (Å²) in [7, 11) is 0. The van der Waals surface area contributed by atoms with Crippen molar-refractivity contribution in [3.63, 3.8) is 0 Å². The monoisotopic (exact) mass is 813 g/mol. The molecule has 7 nitrogen and oxygen atoms in total. The quantitative estimate of drug-likeness (QED) is 0.0482. The molecule has 322 valence electrons. The number of hydrogen-bond acceptors (Lipinski definition) is 5. The fourth-order valence-corrected chi connectivity index (χ4v) is 8.06. The average molecular weight is 813 g/mol. The molecule has 0 atom stereocenters. The van der Waals surface area contributed by atoms with Crippen molar-refractivity contribution in [1.29, 1.82) is 0 Å². The zero-order valence-corrected chi connectivity index (χ0v) is 37.1. The molecule has 6 rings (SSSR count). The number of ether oxygens (including phenoxy) is 3. The Morgan fingerprint density at radius 2 is 0.833 bits per heavy atom. The van der Waals surface area contributed by atoms with E-state index in [1.165, 1.54) is 116 Å². The Bertz CT molecular complexity index is 2080. The fourth-order valence-electron chi connectivity index (χ4n) is 8.06. The first-order chi connectivity index (χ1) is 29.6. The highest BCUT2D eigenvalue weighted by atomic mass is 16.5. The summed E-state index contributed by atoms with van der Waals surface area (Å²) < 4.78 is 20.2. The maximum absolute atomic E-state index is 6.73. The second-order valence-electron chi connectivity index (χ2n) is 16.8. The van der Waals surface area contributed by atoms with Crippen molar-refractivity contribution in [2.45, 2.75) is 156 Å². The lowest BCUT2D eigenvalue weighted by atomic mass is 10.0. The van der Waals surface area contributed by atoms with Crippen LogP contribution in [-0.4, -0.2) is 39.8 Å². The van der Waals surface area contributed by atoms with Gasteiger partial charge in [0.05, 0.1) is 42.6 Å². The molecule has 2 aliphatic heterocycles. The van der Waals surface area contributed by atoms with Crippen LogP contribution in [-0.2, 0) is 0 Å². The topological polar surface area (TPSA) is 85.1 Å². The van der Waals surface area contributed by atoms with Crippen LogP contribution >= 0.6 is 0 Å². The number of unbranched alkanes of at least 4 members (excludes halogenated alkanes) is 18. The molecule has 0 unspecified atom stereocenters. The molecule has 8 bridgehead atoms. The van der Waals surface area contributed by atoms with Crippen LogP contribution < -0.4 is 14.2 Å². The minimum atomic E-state index is 0.649. The maximum atomic E-state index is 6.73. The molecular weight excluding hydrogens is 741 g/mol. The highest BCUT2D eigenvalue weighted by Crippen LogP contribution is 2.43. The number of H-pyrrole nitrogens is 2. The number of hydrogen-bond donors (Lipinski definition) is 2. The molecule has 0 amide bonds. The second-order valence-corrected chi connectivity index (χ2v) is 16.8. The first kappa shape index (κ1) is 44.8. The minimum absolute atomic E-state index is 0.649. The van der Waals surface area contributed by atoms with Gasteiger partial charge < -0.3 is 24.2 Å². The molecule has 4 aromatic rings. The predicted octanol–water partition coefficient (Wildman–Crippen LogP) is 15.7. The van der Waals surface area contributed by atoms with Crippen LogP contribution in [0.25, 0.3) is 57.5 Å². The van der Waals surface area contributed by atoms with E-state index in [9.17, 15) is 0 Å². The van der Waals surface area contributed by atoms with Crippen LogP contribution in [0.15, 0.2) is 54.6 Å². The van der Waals surface area contributed by atoms with Gasteiger partial charge >= 0.3 is 0 Å². The number of aromatic nitrogens is 4. The number of aromatic amines is 2. The molecule has 0 aliphatic carbocycles. The first-order valence-electron chi connectivity index (χ1n) is 23.8. The van der Waals surface area contributed by atoms with Gasteiger partial charge in [-0.3, -0.25) is 0 Å². The zero-order chi connectivity index (χ0) is 41.6. The summed E-state index contributed by atoms with van der Waals surface area (Å²) in [5.41, 5.74) is 9.60. The van der Waals surface area contributed by atoms with Gasteiger partial charge in [0.2, 0.25) is 5.75 Å². The Labute approximate surface area is 360 Å². The first-order valence-corrected chi connectivity index (χ1v) is 23.8. The lowest BCUT2D eigenvalue weighted by molar-refractivity contribution is 0.234. The summed E-state index contributed by atoms with van der Waals surface area (Å²) in [6.45, 7) is 8.77. The van der Waals surface area contributed by atoms with Crippen LogP contribution in [0.3, 0.4) is 0 Å². The molecule has 60 heavy (non-hydrogen) atoms.